The first kappa shape index (κ1) is 22.9. The quantitative estimate of drug-likeness (QED) is 0.264. The highest BCUT2D eigenvalue weighted by molar-refractivity contribution is 6.02. The molecule has 0 spiro atoms. The molecule has 0 saturated carbocycles. The van der Waals surface area contributed by atoms with Crippen LogP contribution in [-0.4, -0.2) is 83.8 Å². The van der Waals surface area contributed by atoms with Gasteiger partial charge in [-0.15, -0.1) is 0 Å². The van der Waals surface area contributed by atoms with Gasteiger partial charge in [-0.25, -0.2) is 0 Å². The molecule has 0 aliphatic carbocycles. The molecule has 0 amide bonds. The van der Waals surface area contributed by atoms with Crippen LogP contribution in [0.25, 0.3) is 0 Å². The van der Waals surface area contributed by atoms with E-state index in [4.69, 9.17) is 4.74 Å². The van der Waals surface area contributed by atoms with E-state index in [-0.39, 0.29) is 17.7 Å². The summed E-state index contributed by atoms with van der Waals surface area (Å²) in [7, 11) is 0. The first-order valence-electron chi connectivity index (χ1n) is 9.51. The topological polar surface area (TPSA) is 188 Å². The van der Waals surface area contributed by atoms with Gasteiger partial charge in [-0.1, -0.05) is 12.1 Å². The molecule has 0 bridgehead atoms. The number of hydrogen-bond acceptors (Lipinski definition) is 10. The summed E-state index contributed by atoms with van der Waals surface area (Å²) in [5.74, 6) is -2.20. The molecule has 10 nitrogen and oxygen atoms in total. The number of carbonyl (C=O) groups is 1. The Balaban J connectivity index is 1.91. The average molecular weight is 436 g/mol. The van der Waals surface area contributed by atoms with Crippen LogP contribution in [-0.2, 0) is 11.2 Å². The molecule has 2 aromatic rings. The zero-order valence-electron chi connectivity index (χ0n) is 16.2. The number of aromatic hydroxyl groups is 3. The molecular formula is C21H24O10. The average Bonchev–Trinajstić information content (AvgIpc) is 2.74. The van der Waals surface area contributed by atoms with Gasteiger partial charge in [-0.3, -0.25) is 4.79 Å². The smallest absolute Gasteiger partial charge is 0.195 e. The van der Waals surface area contributed by atoms with E-state index < -0.39 is 66.1 Å². The maximum absolute atomic E-state index is 12.7. The maximum Gasteiger partial charge on any atom is 0.195 e. The Hall–Kier alpha value is -2.73. The standard InChI is InChI=1S/C21H24O10/c22-8-14-18(28)19(29)20(30)21(31-14)15-12(24)6-5-11(17(15)27)16(26)13(25)7-9-1-3-10(23)4-2-9/h1-6,13-14,18-25,27-30H,7-8H2/t13?,14-,18-,19+,20-,21+/m0/s1. The highest BCUT2D eigenvalue weighted by Crippen LogP contribution is 2.43. The van der Waals surface area contributed by atoms with Gasteiger partial charge in [0.1, 0.15) is 53.9 Å². The van der Waals surface area contributed by atoms with Crippen LogP contribution in [0.5, 0.6) is 17.2 Å². The van der Waals surface area contributed by atoms with E-state index in [0.29, 0.717) is 5.56 Å². The lowest BCUT2D eigenvalue weighted by Crippen LogP contribution is -2.55. The normalized spacial score (nSPS) is 27.1. The van der Waals surface area contributed by atoms with Crippen LogP contribution in [0.1, 0.15) is 27.6 Å². The molecule has 3 rings (SSSR count). The maximum atomic E-state index is 12.7. The summed E-state index contributed by atoms with van der Waals surface area (Å²) in [6.07, 6.45) is -9.73. The third kappa shape index (κ3) is 4.49. The van der Waals surface area contributed by atoms with Crippen molar-refractivity contribution in [1.82, 2.24) is 0 Å². The Kier molecular flexibility index (Phi) is 6.80. The third-order valence-electron chi connectivity index (χ3n) is 5.30. The number of aliphatic hydroxyl groups is 5. The summed E-state index contributed by atoms with van der Waals surface area (Å²) in [5, 5.41) is 80.0. The lowest BCUT2D eigenvalue weighted by atomic mass is 9.88. The van der Waals surface area contributed by atoms with E-state index in [0.717, 1.165) is 12.1 Å². The van der Waals surface area contributed by atoms with Crippen molar-refractivity contribution in [1.29, 1.82) is 0 Å². The summed E-state index contributed by atoms with van der Waals surface area (Å²) in [6.45, 7) is -0.715. The van der Waals surface area contributed by atoms with Crippen LogP contribution < -0.4 is 0 Å². The number of carbonyl (C=O) groups excluding carboxylic acids is 1. The fourth-order valence-electron chi connectivity index (χ4n) is 3.54. The molecule has 1 saturated heterocycles. The minimum Gasteiger partial charge on any atom is -0.508 e. The summed E-state index contributed by atoms with van der Waals surface area (Å²) in [4.78, 5) is 12.7. The molecule has 168 valence electrons. The van der Waals surface area contributed by atoms with E-state index >= 15 is 0 Å². The van der Waals surface area contributed by atoms with E-state index in [1.165, 1.54) is 24.3 Å². The number of benzene rings is 2. The largest absolute Gasteiger partial charge is 0.508 e. The molecule has 1 heterocycles. The van der Waals surface area contributed by atoms with Gasteiger partial charge in [-0.2, -0.15) is 0 Å². The SMILES string of the molecule is O=C(c1ccc(O)c([C@H]2O[C@@H](CO)[C@H](O)[C@@H](O)[C@@H]2O)c1O)C(O)Cc1ccc(O)cc1. The number of phenolic OH excluding ortho intramolecular Hbond substituents is 3. The van der Waals surface area contributed by atoms with Crippen molar-refractivity contribution in [2.75, 3.05) is 6.61 Å². The molecule has 2 aromatic carbocycles. The number of ether oxygens (including phenoxy) is 1. The Labute approximate surface area is 176 Å². The fraction of sp³-hybridized carbons (Fsp3) is 0.381. The summed E-state index contributed by atoms with van der Waals surface area (Å²) < 4.78 is 5.35. The van der Waals surface area contributed by atoms with Crippen molar-refractivity contribution in [3.05, 3.63) is 53.1 Å². The first-order chi connectivity index (χ1) is 14.6. The second-order valence-electron chi connectivity index (χ2n) is 7.39. The van der Waals surface area contributed by atoms with Crippen molar-refractivity contribution >= 4 is 5.78 Å². The van der Waals surface area contributed by atoms with Crippen molar-refractivity contribution in [2.24, 2.45) is 0 Å². The molecule has 31 heavy (non-hydrogen) atoms. The molecule has 8 N–H and O–H groups in total. The van der Waals surface area contributed by atoms with E-state index in [1.54, 1.807) is 0 Å². The van der Waals surface area contributed by atoms with Gasteiger partial charge in [0.25, 0.3) is 0 Å². The van der Waals surface area contributed by atoms with Crippen molar-refractivity contribution in [3.63, 3.8) is 0 Å². The van der Waals surface area contributed by atoms with Crippen molar-refractivity contribution in [3.8, 4) is 17.2 Å². The lowest BCUT2D eigenvalue weighted by molar-refractivity contribution is -0.232. The van der Waals surface area contributed by atoms with Crippen molar-refractivity contribution < 1.29 is 50.4 Å². The van der Waals surface area contributed by atoms with Crippen LogP contribution in [0, 0.1) is 0 Å². The van der Waals surface area contributed by atoms with Gasteiger partial charge in [-0.05, 0) is 29.8 Å². The second-order valence-corrected chi connectivity index (χ2v) is 7.39. The molecule has 6 atom stereocenters. The Morgan fingerprint density at radius 1 is 0.935 bits per heavy atom. The van der Waals surface area contributed by atoms with Gasteiger partial charge < -0.3 is 45.6 Å². The molecule has 1 unspecified atom stereocenters. The lowest BCUT2D eigenvalue weighted by Gasteiger charge is -2.40. The number of aliphatic hydroxyl groups excluding tert-OH is 5. The predicted octanol–water partition coefficient (Wildman–Crippen LogP) is -0.895. The minimum absolute atomic E-state index is 0.0184. The van der Waals surface area contributed by atoms with Gasteiger partial charge in [0.05, 0.1) is 17.7 Å². The Bertz CT molecular complexity index is 927. The van der Waals surface area contributed by atoms with Crippen LogP contribution in [0.2, 0.25) is 0 Å². The molecule has 0 aromatic heterocycles. The molecule has 0 radical (unpaired) electrons. The highest BCUT2D eigenvalue weighted by atomic mass is 16.5. The molecular weight excluding hydrogens is 412 g/mol. The van der Waals surface area contributed by atoms with Gasteiger partial charge in [0.15, 0.2) is 5.78 Å². The third-order valence-corrected chi connectivity index (χ3v) is 5.30. The second kappa shape index (κ2) is 9.18. The summed E-state index contributed by atoms with van der Waals surface area (Å²) in [6, 6.07) is 7.95. The minimum atomic E-state index is -1.79. The Morgan fingerprint density at radius 3 is 2.19 bits per heavy atom. The predicted molar refractivity (Wildman–Crippen MR) is 105 cm³/mol. The van der Waals surface area contributed by atoms with E-state index in [9.17, 15) is 45.6 Å². The van der Waals surface area contributed by atoms with Gasteiger partial charge in [0.2, 0.25) is 0 Å². The molecule has 10 heteroatoms. The van der Waals surface area contributed by atoms with Gasteiger partial charge in [0, 0.05) is 6.42 Å². The number of ketones is 1. The zero-order chi connectivity index (χ0) is 22.9. The van der Waals surface area contributed by atoms with Crippen LogP contribution >= 0.6 is 0 Å². The van der Waals surface area contributed by atoms with Crippen LogP contribution in [0.15, 0.2) is 36.4 Å². The molecule has 1 aliphatic rings. The first-order valence-corrected chi connectivity index (χ1v) is 9.51. The number of hydrogen-bond donors (Lipinski definition) is 8. The monoisotopic (exact) mass is 436 g/mol. The van der Waals surface area contributed by atoms with Crippen molar-refractivity contribution in [2.45, 2.75) is 43.0 Å². The number of phenols is 3. The van der Waals surface area contributed by atoms with E-state index in [2.05, 4.69) is 0 Å². The highest BCUT2D eigenvalue weighted by Gasteiger charge is 2.46. The fourth-order valence-corrected chi connectivity index (χ4v) is 3.54. The van der Waals surface area contributed by atoms with Crippen LogP contribution in [0.4, 0.5) is 0 Å². The molecule has 1 fully saturated rings. The summed E-state index contributed by atoms with van der Waals surface area (Å²) in [5.41, 5.74) is -0.248. The molecule has 1 aliphatic heterocycles. The zero-order valence-corrected chi connectivity index (χ0v) is 16.2. The van der Waals surface area contributed by atoms with E-state index in [1.807, 2.05) is 0 Å². The van der Waals surface area contributed by atoms with Crippen LogP contribution in [0.3, 0.4) is 0 Å². The summed E-state index contributed by atoms with van der Waals surface area (Å²) >= 11 is 0. The van der Waals surface area contributed by atoms with Gasteiger partial charge >= 0.3 is 0 Å². The number of Topliss-reactive ketones (excluding diaryl/α,β-unsaturated/α-hetero) is 1. The Morgan fingerprint density at radius 2 is 1.58 bits per heavy atom. The number of rotatable bonds is 6.